The number of carboxylic acids is 1. The molecule has 2 rings (SSSR count). The van der Waals surface area contributed by atoms with Crippen molar-refractivity contribution in [3.8, 4) is 5.75 Å². The molecule has 2 aromatic carbocycles. The van der Waals surface area contributed by atoms with E-state index in [1.807, 2.05) is 49.4 Å². The Kier molecular flexibility index (Phi) is 6.01. The van der Waals surface area contributed by atoms with Crippen LogP contribution in [-0.4, -0.2) is 17.7 Å². The van der Waals surface area contributed by atoms with Gasteiger partial charge in [0.25, 0.3) is 0 Å². The van der Waals surface area contributed by atoms with Gasteiger partial charge in [-0.3, -0.25) is 4.79 Å². The molecule has 0 saturated carbocycles. The molecule has 0 aromatic heterocycles. The summed E-state index contributed by atoms with van der Waals surface area (Å²) in [5, 5.41) is 8.81. The summed E-state index contributed by atoms with van der Waals surface area (Å²) in [6, 6.07) is 18.1. The zero-order valence-corrected chi connectivity index (χ0v) is 12.9. The molecule has 0 bridgehead atoms. The SMILES string of the molecule is C[C@H](CC(=O)O)c1ccc(OCCCc2ccccc2)cc1. The fourth-order valence-electron chi connectivity index (χ4n) is 2.38. The normalized spacial score (nSPS) is 11.9. The first-order valence-corrected chi connectivity index (χ1v) is 7.63. The number of aryl methyl sites for hydroxylation is 1. The van der Waals surface area contributed by atoms with E-state index in [-0.39, 0.29) is 12.3 Å². The Balaban J connectivity index is 1.75. The molecule has 3 heteroatoms. The Morgan fingerprint density at radius 1 is 1.09 bits per heavy atom. The van der Waals surface area contributed by atoms with Crippen LogP contribution in [0.4, 0.5) is 0 Å². The van der Waals surface area contributed by atoms with Crippen LogP contribution in [0.15, 0.2) is 54.6 Å². The van der Waals surface area contributed by atoms with Crippen LogP contribution in [0, 0.1) is 0 Å². The molecule has 0 heterocycles. The quantitative estimate of drug-likeness (QED) is 0.740. The van der Waals surface area contributed by atoms with E-state index in [0.717, 1.165) is 24.2 Å². The number of hydrogen-bond donors (Lipinski definition) is 1. The highest BCUT2D eigenvalue weighted by Crippen LogP contribution is 2.22. The lowest BCUT2D eigenvalue weighted by Crippen LogP contribution is -2.03. The maximum Gasteiger partial charge on any atom is 0.303 e. The minimum absolute atomic E-state index is 0.0182. The van der Waals surface area contributed by atoms with E-state index < -0.39 is 5.97 Å². The van der Waals surface area contributed by atoms with Crippen molar-refractivity contribution >= 4 is 5.97 Å². The van der Waals surface area contributed by atoms with Crippen LogP contribution in [0.25, 0.3) is 0 Å². The average molecular weight is 298 g/mol. The molecule has 0 radical (unpaired) electrons. The third kappa shape index (κ3) is 5.24. The Labute approximate surface area is 131 Å². The molecular weight excluding hydrogens is 276 g/mol. The standard InChI is InChI=1S/C19H22O3/c1-15(14-19(20)21)17-9-11-18(12-10-17)22-13-5-8-16-6-3-2-4-7-16/h2-4,6-7,9-12,15H,5,8,13-14H2,1H3,(H,20,21)/t15-/m1/s1. The molecule has 0 aliphatic heterocycles. The number of carbonyl (C=O) groups is 1. The van der Waals surface area contributed by atoms with Gasteiger partial charge in [-0.1, -0.05) is 49.4 Å². The fourth-order valence-corrected chi connectivity index (χ4v) is 2.38. The molecule has 22 heavy (non-hydrogen) atoms. The molecular formula is C19H22O3. The van der Waals surface area contributed by atoms with Gasteiger partial charge < -0.3 is 9.84 Å². The second-order valence-corrected chi connectivity index (χ2v) is 5.51. The lowest BCUT2D eigenvalue weighted by molar-refractivity contribution is -0.137. The Morgan fingerprint density at radius 2 is 1.77 bits per heavy atom. The van der Waals surface area contributed by atoms with E-state index in [9.17, 15) is 4.79 Å². The molecule has 0 aliphatic rings. The summed E-state index contributed by atoms with van der Waals surface area (Å²) in [6.07, 6.45) is 2.13. The van der Waals surface area contributed by atoms with Gasteiger partial charge in [0.15, 0.2) is 0 Å². The van der Waals surface area contributed by atoms with Crippen molar-refractivity contribution in [2.45, 2.75) is 32.1 Å². The van der Waals surface area contributed by atoms with Crippen LogP contribution in [-0.2, 0) is 11.2 Å². The zero-order valence-electron chi connectivity index (χ0n) is 12.9. The van der Waals surface area contributed by atoms with Gasteiger partial charge in [-0.15, -0.1) is 0 Å². The molecule has 2 aromatic rings. The summed E-state index contributed by atoms with van der Waals surface area (Å²) in [5.41, 5.74) is 2.35. The summed E-state index contributed by atoms with van der Waals surface area (Å²) in [7, 11) is 0. The smallest absolute Gasteiger partial charge is 0.303 e. The van der Waals surface area contributed by atoms with Crippen LogP contribution in [0.2, 0.25) is 0 Å². The molecule has 0 amide bonds. The predicted octanol–water partition coefficient (Wildman–Crippen LogP) is 4.28. The molecule has 0 fully saturated rings. The number of carboxylic acid groups (broad SMARTS) is 1. The van der Waals surface area contributed by atoms with Crippen molar-refractivity contribution in [2.75, 3.05) is 6.61 Å². The van der Waals surface area contributed by atoms with Crippen LogP contribution in [0.3, 0.4) is 0 Å². The molecule has 0 saturated heterocycles. The lowest BCUT2D eigenvalue weighted by atomic mass is 9.98. The van der Waals surface area contributed by atoms with Gasteiger partial charge in [-0.05, 0) is 42.0 Å². The van der Waals surface area contributed by atoms with Crippen molar-refractivity contribution in [3.63, 3.8) is 0 Å². The van der Waals surface area contributed by atoms with Gasteiger partial charge in [0.2, 0.25) is 0 Å². The summed E-state index contributed by atoms with van der Waals surface area (Å²) >= 11 is 0. The summed E-state index contributed by atoms with van der Waals surface area (Å²) in [6.45, 7) is 2.60. The van der Waals surface area contributed by atoms with Gasteiger partial charge in [0.1, 0.15) is 5.75 Å². The molecule has 1 N–H and O–H groups in total. The maximum absolute atomic E-state index is 10.7. The number of ether oxygens (including phenoxy) is 1. The largest absolute Gasteiger partial charge is 0.494 e. The highest BCUT2D eigenvalue weighted by Gasteiger charge is 2.09. The first-order chi connectivity index (χ1) is 10.6. The Hall–Kier alpha value is -2.29. The van der Waals surface area contributed by atoms with Gasteiger partial charge in [0.05, 0.1) is 13.0 Å². The summed E-state index contributed by atoms with van der Waals surface area (Å²) < 4.78 is 5.73. The molecule has 1 atom stereocenters. The second kappa shape index (κ2) is 8.23. The topological polar surface area (TPSA) is 46.5 Å². The highest BCUT2D eigenvalue weighted by molar-refractivity contribution is 5.67. The van der Waals surface area contributed by atoms with Crippen LogP contribution in [0.1, 0.15) is 36.8 Å². The fraction of sp³-hybridized carbons (Fsp3) is 0.316. The first-order valence-electron chi connectivity index (χ1n) is 7.63. The number of rotatable bonds is 8. The molecule has 0 unspecified atom stereocenters. The Morgan fingerprint density at radius 3 is 2.41 bits per heavy atom. The van der Waals surface area contributed by atoms with Crippen LogP contribution in [0.5, 0.6) is 5.75 Å². The molecule has 0 spiro atoms. The van der Waals surface area contributed by atoms with Crippen molar-refractivity contribution in [3.05, 3.63) is 65.7 Å². The first kappa shape index (κ1) is 16.1. The monoisotopic (exact) mass is 298 g/mol. The van der Waals surface area contributed by atoms with Crippen molar-refractivity contribution < 1.29 is 14.6 Å². The average Bonchev–Trinajstić information content (AvgIpc) is 2.52. The maximum atomic E-state index is 10.7. The second-order valence-electron chi connectivity index (χ2n) is 5.51. The van der Waals surface area contributed by atoms with E-state index in [1.165, 1.54) is 5.56 Å². The van der Waals surface area contributed by atoms with E-state index in [2.05, 4.69) is 12.1 Å². The number of hydrogen-bond acceptors (Lipinski definition) is 2. The molecule has 3 nitrogen and oxygen atoms in total. The third-order valence-electron chi connectivity index (χ3n) is 3.65. The molecule has 0 aliphatic carbocycles. The van der Waals surface area contributed by atoms with Gasteiger partial charge in [0, 0.05) is 0 Å². The van der Waals surface area contributed by atoms with E-state index in [4.69, 9.17) is 9.84 Å². The minimum Gasteiger partial charge on any atom is -0.494 e. The lowest BCUT2D eigenvalue weighted by Gasteiger charge is -2.11. The van der Waals surface area contributed by atoms with E-state index >= 15 is 0 Å². The Bertz CT molecular complexity index is 575. The third-order valence-corrected chi connectivity index (χ3v) is 3.65. The van der Waals surface area contributed by atoms with Gasteiger partial charge in [-0.2, -0.15) is 0 Å². The van der Waals surface area contributed by atoms with Gasteiger partial charge in [-0.25, -0.2) is 0 Å². The van der Waals surface area contributed by atoms with Gasteiger partial charge >= 0.3 is 5.97 Å². The highest BCUT2D eigenvalue weighted by atomic mass is 16.5. The van der Waals surface area contributed by atoms with E-state index in [1.54, 1.807) is 0 Å². The van der Waals surface area contributed by atoms with Crippen LogP contribution >= 0.6 is 0 Å². The van der Waals surface area contributed by atoms with E-state index in [0.29, 0.717) is 6.61 Å². The minimum atomic E-state index is -0.770. The number of aliphatic carboxylic acids is 1. The zero-order chi connectivity index (χ0) is 15.8. The predicted molar refractivity (Wildman–Crippen MR) is 87.4 cm³/mol. The van der Waals surface area contributed by atoms with Crippen molar-refractivity contribution in [2.24, 2.45) is 0 Å². The molecule has 116 valence electrons. The van der Waals surface area contributed by atoms with Crippen molar-refractivity contribution in [1.29, 1.82) is 0 Å². The summed E-state index contributed by atoms with van der Waals surface area (Å²) in [4.78, 5) is 10.7. The van der Waals surface area contributed by atoms with Crippen LogP contribution < -0.4 is 4.74 Å². The number of benzene rings is 2. The summed E-state index contributed by atoms with van der Waals surface area (Å²) in [5.74, 6) is 0.0812. The van der Waals surface area contributed by atoms with Crippen molar-refractivity contribution in [1.82, 2.24) is 0 Å².